The highest BCUT2D eigenvalue weighted by atomic mass is 16.6. The first kappa shape index (κ1) is 37.3. The van der Waals surface area contributed by atoms with Crippen LogP contribution in [0, 0.1) is 18.8 Å². The van der Waals surface area contributed by atoms with Crippen molar-refractivity contribution in [2.75, 3.05) is 38.8 Å². The van der Waals surface area contributed by atoms with Crippen LogP contribution >= 0.6 is 0 Å². The lowest BCUT2D eigenvalue weighted by Gasteiger charge is -2.48. The van der Waals surface area contributed by atoms with Gasteiger partial charge in [0, 0.05) is 43.6 Å². The first-order valence-electron chi connectivity index (χ1n) is 18.4. The van der Waals surface area contributed by atoms with Crippen molar-refractivity contribution in [2.45, 2.75) is 109 Å². The molecule has 2 aromatic rings. The highest BCUT2D eigenvalue weighted by molar-refractivity contribution is 6.07. The molecule has 11 heteroatoms. The molecular weight excluding hydrogens is 632 g/mol. The van der Waals surface area contributed by atoms with Gasteiger partial charge in [-0.25, -0.2) is 14.8 Å². The number of rotatable bonds is 12. The fraction of sp³-hybridized carbons (Fsp3) is 0.615. The molecule has 2 amide bonds. The number of nitrogens with zero attached hydrogens (tertiary/aromatic N) is 4. The van der Waals surface area contributed by atoms with Gasteiger partial charge in [0.25, 0.3) is 0 Å². The molecule has 3 aliphatic rings. The molecule has 3 fully saturated rings. The van der Waals surface area contributed by atoms with Crippen LogP contribution in [-0.4, -0.2) is 84.7 Å². The van der Waals surface area contributed by atoms with Crippen molar-refractivity contribution in [2.24, 2.45) is 17.6 Å². The van der Waals surface area contributed by atoms with Crippen LogP contribution in [0.1, 0.15) is 101 Å². The van der Waals surface area contributed by atoms with Crippen molar-refractivity contribution in [1.29, 1.82) is 0 Å². The molecule has 0 atom stereocenters. The van der Waals surface area contributed by atoms with Crippen molar-refractivity contribution >= 4 is 29.6 Å². The predicted molar refractivity (Wildman–Crippen MR) is 195 cm³/mol. The number of carbonyl (C=O) groups excluding carboxylic acids is 2. The largest absolute Gasteiger partial charge is 0.495 e. The zero-order chi connectivity index (χ0) is 35.8. The second-order valence-corrected chi connectivity index (χ2v) is 14.6. The molecule has 3 N–H and O–H groups in total. The summed E-state index contributed by atoms with van der Waals surface area (Å²) < 4.78 is 16.9. The highest BCUT2D eigenvalue weighted by Crippen LogP contribution is 2.38. The smallest absolute Gasteiger partial charge is 0.410 e. The van der Waals surface area contributed by atoms with Gasteiger partial charge in [0.1, 0.15) is 29.3 Å². The standard InChI is InChI=1S/C39H56N6O5/c1-7-39(49-6)24-44(25-39)38(47)50-33-14-12-30(13-15-33)37(46)45(36-20-31(18-19-41-36)32(21-40)22-42-26(2)3)23-28-8-10-29(11-9-28)34-16-17-35(48-5)27(4)43-34/h16-22,26,28-30,33H,7-15,23-25,40H2,1-6H3/p+1/b32-21+,42-22?. The van der Waals surface area contributed by atoms with Crippen LogP contribution in [0.25, 0.3) is 5.57 Å². The first-order valence-corrected chi connectivity index (χ1v) is 18.4. The molecule has 2 aliphatic carbocycles. The molecular formula is C39H57N6O5+. The average Bonchev–Trinajstić information content (AvgIpc) is 3.11. The quantitative estimate of drug-likeness (QED) is 0.305. The molecule has 1 aliphatic heterocycles. The third kappa shape index (κ3) is 8.83. The van der Waals surface area contributed by atoms with E-state index >= 15 is 0 Å². The van der Waals surface area contributed by atoms with Crippen LogP contribution in [0.2, 0.25) is 0 Å². The van der Waals surface area contributed by atoms with Gasteiger partial charge in [-0.2, -0.15) is 0 Å². The minimum atomic E-state index is -0.285. The molecule has 5 rings (SSSR count). The van der Waals surface area contributed by atoms with Crippen molar-refractivity contribution in [1.82, 2.24) is 14.9 Å². The second-order valence-electron chi connectivity index (χ2n) is 14.6. The number of hydrogen-bond donors (Lipinski definition) is 2. The summed E-state index contributed by atoms with van der Waals surface area (Å²) in [5, 5.41) is 0. The van der Waals surface area contributed by atoms with E-state index in [0.29, 0.717) is 63.0 Å². The normalized spacial score (nSPS) is 23.8. The molecule has 0 bridgehead atoms. The molecule has 11 nitrogen and oxygen atoms in total. The number of nitrogens with one attached hydrogen (secondary N) is 1. The maximum Gasteiger partial charge on any atom is 0.410 e. The maximum atomic E-state index is 14.4. The summed E-state index contributed by atoms with van der Waals surface area (Å²) in [7, 11) is 3.37. The van der Waals surface area contributed by atoms with Gasteiger partial charge in [-0.15, -0.1) is 0 Å². The average molecular weight is 690 g/mol. The summed E-state index contributed by atoms with van der Waals surface area (Å²) in [5.74, 6) is 2.11. The number of aromatic nitrogens is 2. The Bertz CT molecular complexity index is 1510. The lowest BCUT2D eigenvalue weighted by Crippen LogP contribution is -2.74. The Kier molecular flexibility index (Phi) is 12.5. The van der Waals surface area contributed by atoms with Crippen LogP contribution in [0.4, 0.5) is 10.6 Å². The number of aryl methyl sites for hydroxylation is 1. The van der Waals surface area contributed by atoms with Crippen LogP contribution < -0.4 is 20.4 Å². The first-order chi connectivity index (χ1) is 24.1. The summed E-state index contributed by atoms with van der Waals surface area (Å²) in [6.45, 7) is 9.92. The van der Waals surface area contributed by atoms with Gasteiger partial charge in [0.2, 0.25) is 5.91 Å². The minimum absolute atomic E-state index is 0.0899. The number of nitrogens with two attached hydrogens (primary N) is 1. The second kappa shape index (κ2) is 16.8. The molecule has 3 heterocycles. The molecule has 272 valence electrons. The van der Waals surface area contributed by atoms with Crippen LogP contribution in [0.15, 0.2) is 36.7 Å². The van der Waals surface area contributed by atoms with E-state index in [1.54, 1.807) is 31.5 Å². The summed E-state index contributed by atoms with van der Waals surface area (Å²) >= 11 is 0. The predicted octanol–water partition coefficient (Wildman–Crippen LogP) is 4.77. The van der Waals surface area contributed by atoms with E-state index in [2.05, 4.69) is 31.8 Å². The Morgan fingerprint density at radius 1 is 1.08 bits per heavy atom. The van der Waals surface area contributed by atoms with Crippen molar-refractivity contribution in [3.05, 3.63) is 53.6 Å². The van der Waals surface area contributed by atoms with E-state index in [1.807, 2.05) is 36.2 Å². The third-order valence-electron chi connectivity index (χ3n) is 10.9. The highest BCUT2D eigenvalue weighted by Gasteiger charge is 2.45. The summed E-state index contributed by atoms with van der Waals surface area (Å²) in [5.41, 5.74) is 9.55. The summed E-state index contributed by atoms with van der Waals surface area (Å²) in [6, 6.07) is 8.26. The van der Waals surface area contributed by atoms with E-state index in [0.717, 1.165) is 60.4 Å². The Labute approximate surface area is 297 Å². The van der Waals surface area contributed by atoms with Gasteiger partial charge in [0.15, 0.2) is 6.21 Å². The SMILES string of the molecule is CCC1(OC)CN(C(=O)OC2CCC(C(=O)N(CC3CCC(c4ccc(OC)c(C)n4)CC3)c3cc(/C(C=[NH+]C(C)C)=C/N)ccn3)CC2)C1. The molecule has 50 heavy (non-hydrogen) atoms. The Hall–Kier alpha value is -3.99. The molecule has 0 radical (unpaired) electrons. The van der Waals surface area contributed by atoms with E-state index in [1.165, 1.54) is 0 Å². The molecule has 0 spiro atoms. The molecule has 2 aromatic heterocycles. The summed E-state index contributed by atoms with van der Waals surface area (Å²) in [6.07, 6.45) is 12.3. The summed E-state index contributed by atoms with van der Waals surface area (Å²) in [4.78, 5) is 43.8. The van der Waals surface area contributed by atoms with Gasteiger partial charge < -0.3 is 24.8 Å². The van der Waals surface area contributed by atoms with E-state index in [9.17, 15) is 9.59 Å². The fourth-order valence-corrected chi connectivity index (χ4v) is 7.58. The molecule has 2 saturated carbocycles. The number of allylic oxidation sites excluding steroid dienone is 1. The number of pyridine rings is 2. The lowest BCUT2D eigenvalue weighted by molar-refractivity contribution is -0.487. The topological polar surface area (TPSA) is 134 Å². The monoisotopic (exact) mass is 689 g/mol. The molecule has 0 aromatic carbocycles. The minimum Gasteiger partial charge on any atom is -0.495 e. The number of methoxy groups -OCH3 is 2. The van der Waals surface area contributed by atoms with Crippen LogP contribution in [0.3, 0.4) is 0 Å². The van der Waals surface area contributed by atoms with Gasteiger partial charge in [-0.3, -0.25) is 14.7 Å². The zero-order valence-electron chi connectivity index (χ0n) is 30.8. The van der Waals surface area contributed by atoms with Gasteiger partial charge in [0.05, 0.1) is 31.5 Å². The number of ether oxygens (including phenoxy) is 3. The van der Waals surface area contributed by atoms with Gasteiger partial charge in [-0.1, -0.05) is 6.92 Å². The van der Waals surface area contributed by atoms with Crippen LogP contribution in [0.5, 0.6) is 5.75 Å². The van der Waals surface area contributed by atoms with Crippen molar-refractivity contribution in [3.63, 3.8) is 0 Å². The number of carbonyl (C=O) groups is 2. The third-order valence-corrected chi connectivity index (χ3v) is 10.9. The number of anilines is 1. The Morgan fingerprint density at radius 3 is 2.40 bits per heavy atom. The van der Waals surface area contributed by atoms with E-state index < -0.39 is 0 Å². The number of hydrogen-bond acceptors (Lipinski definition) is 8. The fourth-order valence-electron chi connectivity index (χ4n) is 7.58. The van der Waals surface area contributed by atoms with Gasteiger partial charge >= 0.3 is 6.09 Å². The zero-order valence-corrected chi connectivity index (χ0v) is 30.8. The van der Waals surface area contributed by atoms with E-state index in [4.69, 9.17) is 29.9 Å². The Morgan fingerprint density at radius 2 is 1.80 bits per heavy atom. The number of likely N-dealkylation sites (tertiary alicyclic amines) is 1. The van der Waals surface area contributed by atoms with Crippen molar-refractivity contribution < 1.29 is 28.8 Å². The van der Waals surface area contributed by atoms with Crippen LogP contribution in [-0.2, 0) is 14.3 Å². The molecule has 1 saturated heterocycles. The molecule has 0 unspecified atom stereocenters. The number of amides is 2. The van der Waals surface area contributed by atoms with Gasteiger partial charge in [-0.05, 0) is 114 Å². The Balaban J connectivity index is 1.26. The maximum absolute atomic E-state index is 14.4. The lowest BCUT2D eigenvalue weighted by atomic mass is 9.79. The van der Waals surface area contributed by atoms with E-state index in [-0.39, 0.29) is 35.7 Å². The van der Waals surface area contributed by atoms with Crippen molar-refractivity contribution in [3.8, 4) is 5.75 Å².